The maximum atomic E-state index is 13.9. The van der Waals surface area contributed by atoms with Crippen LogP contribution in [0.2, 0.25) is 0 Å². The molecule has 4 amide bonds. The minimum atomic E-state index is -1.13. The van der Waals surface area contributed by atoms with E-state index in [1.807, 2.05) is 86.2 Å². The number of amides is 4. The number of piperidine rings is 2. The summed E-state index contributed by atoms with van der Waals surface area (Å²) in [6, 6.07) is 12.5. The molecule has 2 aliphatic carbocycles. The molecule has 16 heteroatoms. The first-order valence-corrected chi connectivity index (χ1v) is 20.7. The van der Waals surface area contributed by atoms with Crippen LogP contribution in [0.15, 0.2) is 61.1 Å². The van der Waals surface area contributed by atoms with Crippen molar-refractivity contribution in [1.82, 2.24) is 49.9 Å². The highest BCUT2D eigenvalue weighted by atomic mass is 16.5. The summed E-state index contributed by atoms with van der Waals surface area (Å²) < 4.78 is 4.79. The number of alkyl carbamates (subject to hydrolysis) is 1. The van der Waals surface area contributed by atoms with Crippen molar-refractivity contribution in [1.29, 1.82) is 0 Å². The van der Waals surface area contributed by atoms with Crippen LogP contribution in [-0.4, -0.2) is 112 Å². The number of carboxylic acid groups (broad SMARTS) is 1. The molecule has 4 aliphatic rings. The third kappa shape index (κ3) is 7.00. The zero-order chi connectivity index (χ0) is 42.1. The first-order valence-electron chi connectivity index (χ1n) is 20.7. The molecule has 2 aromatic carbocycles. The first-order chi connectivity index (χ1) is 28.8. The van der Waals surface area contributed by atoms with Gasteiger partial charge in [0, 0.05) is 37.1 Å². The Morgan fingerprint density at radius 3 is 1.93 bits per heavy atom. The number of nitrogens with zero attached hydrogens (tertiary/aromatic N) is 7. The molecule has 16 nitrogen and oxygen atoms in total. The normalized spacial score (nSPS) is 23.7. The third-order valence-electron chi connectivity index (χ3n) is 12.9. The number of aromatic nitrogens is 6. The number of hydrogen-bond acceptors (Lipinski definition) is 9. The largest absolute Gasteiger partial charge is 0.465 e. The minimum absolute atomic E-state index is 0.100. The van der Waals surface area contributed by atoms with E-state index in [1.54, 1.807) is 12.4 Å². The quantitative estimate of drug-likeness (QED) is 0.115. The van der Waals surface area contributed by atoms with Crippen LogP contribution in [-0.2, 0) is 14.3 Å². The van der Waals surface area contributed by atoms with Gasteiger partial charge in [-0.1, -0.05) is 58.0 Å². The molecule has 9 rings (SSSR count). The van der Waals surface area contributed by atoms with E-state index < -0.39 is 24.3 Å². The van der Waals surface area contributed by atoms with E-state index in [2.05, 4.69) is 15.3 Å². The predicted octanol–water partition coefficient (Wildman–Crippen LogP) is 6.42. The number of likely N-dealkylation sites (N-methyl/N-ethyl adjacent to an activating group) is 1. The molecule has 0 unspecified atom stereocenters. The van der Waals surface area contributed by atoms with E-state index in [4.69, 9.17) is 24.7 Å². The lowest BCUT2D eigenvalue weighted by atomic mass is 10.0. The van der Waals surface area contributed by atoms with Crippen LogP contribution in [0.3, 0.4) is 0 Å². The van der Waals surface area contributed by atoms with Gasteiger partial charge in [-0.2, -0.15) is 0 Å². The van der Waals surface area contributed by atoms with Crippen LogP contribution < -0.4 is 5.32 Å². The van der Waals surface area contributed by atoms with Gasteiger partial charge in [-0.3, -0.25) is 19.5 Å². The summed E-state index contributed by atoms with van der Waals surface area (Å²) in [5.41, 5.74) is 6.39. The smallest absolute Gasteiger partial charge is 0.407 e. The number of H-pyrrole nitrogens is 2. The molecule has 0 radical (unpaired) electrons. The Kier molecular flexibility index (Phi) is 9.82. The first kappa shape index (κ1) is 39.2. The lowest BCUT2D eigenvalue weighted by molar-refractivity contribution is -0.140. The summed E-state index contributed by atoms with van der Waals surface area (Å²) in [6.07, 6.45) is 7.13. The molecule has 5 heterocycles. The highest BCUT2D eigenvalue weighted by molar-refractivity contribution is 5.88. The predicted molar refractivity (Wildman–Crippen MR) is 221 cm³/mol. The van der Waals surface area contributed by atoms with Crippen molar-refractivity contribution in [3.05, 3.63) is 72.7 Å². The van der Waals surface area contributed by atoms with Gasteiger partial charge in [0.15, 0.2) is 0 Å². The number of carbonyl (C=O) groups is 4. The Morgan fingerprint density at radius 2 is 1.33 bits per heavy atom. The second-order valence-corrected chi connectivity index (χ2v) is 17.4. The van der Waals surface area contributed by atoms with E-state index in [1.165, 1.54) is 14.2 Å². The van der Waals surface area contributed by atoms with Crippen LogP contribution in [0.4, 0.5) is 9.59 Å². The topological polar surface area (TPSA) is 203 Å². The van der Waals surface area contributed by atoms with Gasteiger partial charge in [0.05, 0.1) is 42.1 Å². The number of methoxy groups -OCH3 is 1. The molecule has 3 aromatic heterocycles. The molecule has 8 atom stereocenters. The van der Waals surface area contributed by atoms with Crippen LogP contribution in [0.5, 0.6) is 0 Å². The Morgan fingerprint density at radius 1 is 0.750 bits per heavy atom. The fraction of sp³-hybridized carbons (Fsp3) is 0.455. The maximum absolute atomic E-state index is 13.9. The van der Waals surface area contributed by atoms with Gasteiger partial charge in [0.25, 0.3) is 0 Å². The monoisotopic (exact) mass is 814 g/mol. The van der Waals surface area contributed by atoms with Crippen molar-refractivity contribution in [2.24, 2.45) is 23.7 Å². The number of likely N-dealkylation sites (tertiary alicyclic amines) is 2. The molecular weight excluding hydrogens is 765 g/mol. The van der Waals surface area contributed by atoms with Gasteiger partial charge in [0.2, 0.25) is 11.8 Å². The fourth-order valence-electron chi connectivity index (χ4n) is 9.51. The molecule has 60 heavy (non-hydrogen) atoms. The number of carbonyl (C=O) groups excluding carboxylic acids is 3. The van der Waals surface area contributed by atoms with E-state index in [9.17, 15) is 24.3 Å². The number of rotatable bonds is 11. The number of fused-ring (bicyclic) bond motifs is 3. The Balaban J connectivity index is 0.884. The standard InChI is InChI=1S/C44H50N10O6/c1-21(2)37(51-43(57)60-6)41(55)53-33-14-26(33)16-35(53)39-46-18-30(49-39)24-9-7-23(8-10-24)25-11-12-28-29(13-25)45-19-31(48-28)32-20-47-40(50-32)36-17-27-15-34(27)54(36)42(56)38(22(3)4)52(5)44(58)59/h7-13,18-22,26-27,33-38H,14-17H2,1-6H3,(H,46,49)(H,47,50)(H,51,57)(H,58,59)/t26-,27+,33+,34+,35-,36-,37-,38-/m0/s1. The van der Waals surface area contributed by atoms with Gasteiger partial charge < -0.3 is 34.9 Å². The number of benzene rings is 2. The second-order valence-electron chi connectivity index (χ2n) is 17.4. The Labute approximate surface area is 347 Å². The molecule has 4 fully saturated rings. The summed E-state index contributed by atoms with van der Waals surface area (Å²) in [5, 5.41) is 12.4. The van der Waals surface area contributed by atoms with Crippen molar-refractivity contribution in [2.75, 3.05) is 14.2 Å². The number of nitrogens with one attached hydrogen (secondary N) is 3. The average Bonchev–Trinajstić information content (AvgIpc) is 3.82. The molecule has 0 bridgehead atoms. The molecule has 2 saturated carbocycles. The number of ether oxygens (including phenoxy) is 1. The lowest BCUT2D eigenvalue weighted by Gasteiger charge is -2.35. The molecule has 5 aromatic rings. The van der Waals surface area contributed by atoms with Crippen LogP contribution >= 0.6 is 0 Å². The number of aromatic amines is 2. The van der Waals surface area contributed by atoms with Gasteiger partial charge in [0.1, 0.15) is 35.1 Å². The van der Waals surface area contributed by atoms with E-state index in [0.717, 1.165) is 69.8 Å². The van der Waals surface area contributed by atoms with E-state index in [0.29, 0.717) is 29.0 Å². The molecule has 312 valence electrons. The summed E-state index contributed by atoms with van der Waals surface area (Å²) in [6.45, 7) is 7.57. The maximum Gasteiger partial charge on any atom is 0.407 e. The summed E-state index contributed by atoms with van der Waals surface area (Å²) in [5.74, 6) is 1.64. The Hall–Kier alpha value is -6.32. The summed E-state index contributed by atoms with van der Waals surface area (Å²) in [7, 11) is 2.75. The molecular formula is C44H50N10O6. The average molecular weight is 815 g/mol. The Bertz CT molecular complexity index is 2480. The summed E-state index contributed by atoms with van der Waals surface area (Å²) >= 11 is 0. The lowest BCUT2D eigenvalue weighted by Crippen LogP contribution is -2.52. The molecule has 0 spiro atoms. The third-order valence-corrected chi connectivity index (χ3v) is 12.9. The van der Waals surface area contributed by atoms with Gasteiger partial charge in [-0.05, 0) is 72.6 Å². The summed E-state index contributed by atoms with van der Waals surface area (Å²) in [4.78, 5) is 82.5. The SMILES string of the molecule is COC(=O)N[C@H](C(=O)N1[C@@H]2C[C@H]2C[C@H]1c1nc(-c2ccc(-c3ccc4nc(-c5c[nH]c([C@@H]6C[C@H]7C[C@H]7N6C(=O)[C@H](C(C)C)N(C)C(=O)O)n5)cnc4c3)cc2)c[nH]1)C(C)C. The molecule has 2 saturated heterocycles. The van der Waals surface area contributed by atoms with Crippen molar-refractivity contribution < 1.29 is 29.0 Å². The van der Waals surface area contributed by atoms with Crippen LogP contribution in [0, 0.1) is 23.7 Å². The molecule has 2 aliphatic heterocycles. The van der Waals surface area contributed by atoms with Gasteiger partial charge in [-0.25, -0.2) is 24.5 Å². The zero-order valence-electron chi connectivity index (χ0n) is 34.5. The van der Waals surface area contributed by atoms with Crippen molar-refractivity contribution >= 4 is 35.0 Å². The number of imidazole rings is 2. The van der Waals surface area contributed by atoms with Crippen molar-refractivity contribution in [2.45, 2.75) is 89.6 Å². The van der Waals surface area contributed by atoms with E-state index in [-0.39, 0.29) is 47.8 Å². The highest BCUT2D eigenvalue weighted by Crippen LogP contribution is 2.54. The fourth-order valence-corrected chi connectivity index (χ4v) is 9.51. The number of hydrogen-bond donors (Lipinski definition) is 4. The second kappa shape index (κ2) is 15.1. The highest BCUT2D eigenvalue weighted by Gasteiger charge is 2.57. The zero-order valence-corrected chi connectivity index (χ0v) is 34.5. The molecule has 4 N–H and O–H groups in total. The van der Waals surface area contributed by atoms with Crippen LogP contribution in [0.25, 0.3) is 44.8 Å². The van der Waals surface area contributed by atoms with E-state index >= 15 is 0 Å². The van der Waals surface area contributed by atoms with Gasteiger partial charge in [-0.15, -0.1) is 0 Å². The minimum Gasteiger partial charge on any atom is -0.465 e. The van der Waals surface area contributed by atoms with Gasteiger partial charge >= 0.3 is 12.2 Å². The van der Waals surface area contributed by atoms with Crippen LogP contribution in [0.1, 0.15) is 77.1 Å². The van der Waals surface area contributed by atoms with Crippen molar-refractivity contribution in [3.8, 4) is 33.8 Å². The van der Waals surface area contributed by atoms with Crippen molar-refractivity contribution in [3.63, 3.8) is 0 Å².